The Bertz CT molecular complexity index is 269. The molecule has 0 amide bonds. The van der Waals surface area contributed by atoms with Crippen LogP contribution in [0.5, 0.6) is 0 Å². The molecule has 0 aliphatic carbocycles. The number of rotatable bonds is 5. The molecule has 5 heteroatoms. The van der Waals surface area contributed by atoms with Gasteiger partial charge in [-0.05, 0) is 6.42 Å². The molecule has 0 unspecified atom stereocenters. The molecule has 0 aromatic rings. The smallest absolute Gasteiger partial charge is 0.210 e. The van der Waals surface area contributed by atoms with Crippen LogP contribution in [-0.2, 0) is 14.8 Å². The fraction of sp³-hybridized carbons (Fsp3) is 0.875. The maximum Gasteiger partial charge on any atom is 0.210 e. The van der Waals surface area contributed by atoms with Gasteiger partial charge >= 0.3 is 0 Å². The number of sulfonamides is 1. The Kier molecular flexibility index (Phi) is 4.06. The lowest BCUT2D eigenvalue weighted by Gasteiger charge is -2.20. The molecule has 0 fully saturated rings. The lowest BCUT2D eigenvalue weighted by Crippen LogP contribution is -2.30. The summed E-state index contributed by atoms with van der Waals surface area (Å²) in [6, 6.07) is 0. The summed E-state index contributed by atoms with van der Waals surface area (Å²) < 4.78 is 23.2. The highest BCUT2D eigenvalue weighted by molar-refractivity contribution is 7.88. The van der Waals surface area contributed by atoms with Crippen molar-refractivity contribution in [1.82, 2.24) is 4.31 Å². The molecule has 0 saturated carbocycles. The highest BCUT2D eigenvalue weighted by Crippen LogP contribution is 2.17. The molecule has 0 aromatic carbocycles. The van der Waals surface area contributed by atoms with Crippen molar-refractivity contribution in [2.24, 2.45) is 5.41 Å². The van der Waals surface area contributed by atoms with Gasteiger partial charge in [-0.25, -0.2) is 12.7 Å². The zero-order valence-corrected chi connectivity index (χ0v) is 9.39. The first-order valence-electron chi connectivity index (χ1n) is 4.07. The standard InChI is InChI=1S/C8H17NO3S/c1-8(2,7-10)5-6-9(3)13(4,11)12/h7H,5-6H2,1-4H3. The summed E-state index contributed by atoms with van der Waals surface area (Å²) in [5.74, 6) is 0. The van der Waals surface area contributed by atoms with Crippen molar-refractivity contribution in [2.45, 2.75) is 20.3 Å². The van der Waals surface area contributed by atoms with Crippen molar-refractivity contribution in [3.05, 3.63) is 0 Å². The average molecular weight is 207 g/mol. The predicted octanol–water partition coefficient (Wildman–Crippen LogP) is 0.493. The molecule has 0 atom stereocenters. The van der Waals surface area contributed by atoms with Gasteiger partial charge < -0.3 is 4.79 Å². The van der Waals surface area contributed by atoms with Crippen LogP contribution >= 0.6 is 0 Å². The van der Waals surface area contributed by atoms with E-state index in [9.17, 15) is 13.2 Å². The van der Waals surface area contributed by atoms with Gasteiger partial charge in [0.25, 0.3) is 0 Å². The van der Waals surface area contributed by atoms with Crippen molar-refractivity contribution < 1.29 is 13.2 Å². The highest BCUT2D eigenvalue weighted by Gasteiger charge is 2.19. The van der Waals surface area contributed by atoms with E-state index in [1.165, 1.54) is 11.4 Å². The SMILES string of the molecule is CN(CCC(C)(C)C=O)S(C)(=O)=O. The third-order valence-corrected chi connectivity index (χ3v) is 3.27. The van der Waals surface area contributed by atoms with Crippen molar-refractivity contribution in [2.75, 3.05) is 19.8 Å². The van der Waals surface area contributed by atoms with Crippen LogP contribution < -0.4 is 0 Å². The first-order valence-corrected chi connectivity index (χ1v) is 5.91. The van der Waals surface area contributed by atoms with Gasteiger partial charge in [0.1, 0.15) is 6.29 Å². The van der Waals surface area contributed by atoms with E-state index in [1.54, 1.807) is 13.8 Å². The second kappa shape index (κ2) is 4.19. The molecule has 4 nitrogen and oxygen atoms in total. The van der Waals surface area contributed by atoms with Crippen molar-refractivity contribution in [3.8, 4) is 0 Å². The summed E-state index contributed by atoms with van der Waals surface area (Å²) in [6.45, 7) is 3.96. The summed E-state index contributed by atoms with van der Waals surface area (Å²) >= 11 is 0. The second-order valence-electron chi connectivity index (χ2n) is 3.94. The Morgan fingerprint density at radius 3 is 2.15 bits per heavy atom. The van der Waals surface area contributed by atoms with Gasteiger partial charge in [0.15, 0.2) is 0 Å². The molecule has 78 valence electrons. The van der Waals surface area contributed by atoms with Crippen molar-refractivity contribution >= 4 is 16.3 Å². The second-order valence-corrected chi connectivity index (χ2v) is 6.03. The van der Waals surface area contributed by atoms with E-state index in [-0.39, 0.29) is 0 Å². The molecule has 0 saturated heterocycles. The number of nitrogens with zero attached hydrogens (tertiary/aromatic N) is 1. The molecule has 0 rings (SSSR count). The van der Waals surface area contributed by atoms with Crippen LogP contribution in [0.25, 0.3) is 0 Å². The van der Waals surface area contributed by atoms with Gasteiger partial charge in [0, 0.05) is 19.0 Å². The summed E-state index contributed by atoms with van der Waals surface area (Å²) in [4.78, 5) is 10.5. The third kappa shape index (κ3) is 5.00. The predicted molar refractivity (Wildman–Crippen MR) is 51.9 cm³/mol. The molecule has 0 aliphatic rings. The van der Waals surface area contributed by atoms with Crippen molar-refractivity contribution in [3.63, 3.8) is 0 Å². The van der Waals surface area contributed by atoms with Crippen molar-refractivity contribution in [1.29, 1.82) is 0 Å². The molecule has 0 aliphatic heterocycles. The van der Waals surface area contributed by atoms with Gasteiger partial charge in [-0.1, -0.05) is 13.8 Å². The van der Waals surface area contributed by atoms with Gasteiger partial charge in [0.2, 0.25) is 10.0 Å². The summed E-state index contributed by atoms with van der Waals surface area (Å²) in [7, 11) is -1.61. The molecule has 0 heterocycles. The van der Waals surface area contributed by atoms with Crippen LogP contribution in [-0.4, -0.2) is 38.9 Å². The minimum Gasteiger partial charge on any atom is -0.303 e. The van der Waals surface area contributed by atoms with E-state index < -0.39 is 15.4 Å². The molecular formula is C8H17NO3S. The Labute approximate surface area is 80.0 Å². The topological polar surface area (TPSA) is 54.5 Å². The molecule has 0 spiro atoms. The fourth-order valence-electron chi connectivity index (χ4n) is 0.670. The molecule has 0 N–H and O–H groups in total. The lowest BCUT2D eigenvalue weighted by molar-refractivity contribution is -0.115. The minimum absolute atomic E-state index is 0.380. The first-order chi connectivity index (χ1) is 5.69. The molecule has 0 bridgehead atoms. The Morgan fingerprint density at radius 2 is 1.85 bits per heavy atom. The molecule has 0 radical (unpaired) electrons. The number of carbonyl (C=O) groups excluding carboxylic acids is 1. The van der Waals surface area contributed by atoms with Crippen LogP contribution in [0, 0.1) is 5.41 Å². The number of aldehydes is 1. The summed E-state index contributed by atoms with van der Waals surface area (Å²) in [6.07, 6.45) is 2.55. The Balaban J connectivity index is 4.12. The van der Waals surface area contributed by atoms with E-state index in [1.807, 2.05) is 0 Å². The van der Waals surface area contributed by atoms with Gasteiger partial charge in [-0.3, -0.25) is 0 Å². The van der Waals surface area contributed by atoms with Crippen LogP contribution in [0.15, 0.2) is 0 Å². The zero-order valence-electron chi connectivity index (χ0n) is 8.57. The van der Waals surface area contributed by atoms with E-state index in [0.29, 0.717) is 13.0 Å². The maximum absolute atomic E-state index is 11.0. The molecular weight excluding hydrogens is 190 g/mol. The monoisotopic (exact) mass is 207 g/mol. The zero-order chi connectivity index (χ0) is 10.7. The quantitative estimate of drug-likeness (QED) is 0.617. The Hall–Kier alpha value is -0.420. The largest absolute Gasteiger partial charge is 0.303 e. The van der Waals surface area contributed by atoms with E-state index in [2.05, 4.69) is 0 Å². The number of hydrogen-bond donors (Lipinski definition) is 0. The lowest BCUT2D eigenvalue weighted by atomic mass is 9.92. The average Bonchev–Trinajstić information content (AvgIpc) is 1.98. The highest BCUT2D eigenvalue weighted by atomic mass is 32.2. The third-order valence-electron chi connectivity index (χ3n) is 1.96. The molecule has 0 aromatic heterocycles. The van der Waals surface area contributed by atoms with E-state index >= 15 is 0 Å². The Morgan fingerprint density at radius 1 is 1.38 bits per heavy atom. The normalized spacial score (nSPS) is 13.3. The van der Waals surface area contributed by atoms with Crippen LogP contribution in [0.4, 0.5) is 0 Å². The molecule has 13 heavy (non-hydrogen) atoms. The summed E-state index contributed by atoms with van der Waals surface area (Å²) in [5, 5.41) is 0. The van der Waals surface area contributed by atoms with Crippen LogP contribution in [0.2, 0.25) is 0 Å². The van der Waals surface area contributed by atoms with Crippen LogP contribution in [0.1, 0.15) is 20.3 Å². The fourth-order valence-corrected chi connectivity index (χ4v) is 1.09. The van der Waals surface area contributed by atoms with Crippen LogP contribution in [0.3, 0.4) is 0 Å². The van der Waals surface area contributed by atoms with E-state index in [4.69, 9.17) is 0 Å². The van der Waals surface area contributed by atoms with Gasteiger partial charge in [-0.15, -0.1) is 0 Å². The first kappa shape index (κ1) is 12.6. The van der Waals surface area contributed by atoms with Gasteiger partial charge in [-0.2, -0.15) is 0 Å². The maximum atomic E-state index is 11.0. The van der Waals surface area contributed by atoms with Gasteiger partial charge in [0.05, 0.1) is 6.26 Å². The van der Waals surface area contributed by atoms with E-state index in [0.717, 1.165) is 12.5 Å². The minimum atomic E-state index is -3.12. The number of carbonyl (C=O) groups is 1. The number of hydrogen-bond acceptors (Lipinski definition) is 3. The summed E-state index contributed by atoms with van der Waals surface area (Å²) in [5.41, 5.74) is -0.445.